The molecule has 0 radical (unpaired) electrons. The minimum absolute atomic E-state index is 0.0936. The van der Waals surface area contributed by atoms with Crippen molar-refractivity contribution in [2.75, 3.05) is 0 Å². The lowest BCUT2D eigenvalue weighted by Gasteiger charge is -2.08. The van der Waals surface area contributed by atoms with Crippen LogP contribution in [-0.2, 0) is 24.4 Å². The van der Waals surface area contributed by atoms with Gasteiger partial charge >= 0.3 is 5.69 Å². The first-order valence-corrected chi connectivity index (χ1v) is 10.9. The van der Waals surface area contributed by atoms with Crippen molar-refractivity contribution in [3.8, 4) is 11.6 Å². The maximum absolute atomic E-state index is 13.3. The second-order valence-electron chi connectivity index (χ2n) is 7.67. The van der Waals surface area contributed by atoms with Gasteiger partial charge in [-0.3, -0.25) is 13.9 Å². The van der Waals surface area contributed by atoms with Crippen LogP contribution in [0.1, 0.15) is 25.3 Å². The molecule has 0 spiro atoms. The number of carbonyl (C=O) groups excluding carboxylic acids is 1. The van der Waals surface area contributed by atoms with Gasteiger partial charge in [0.15, 0.2) is 0 Å². The third kappa shape index (κ3) is 5.28. The molecule has 33 heavy (non-hydrogen) atoms. The van der Waals surface area contributed by atoms with Crippen LogP contribution in [-0.4, -0.2) is 20.0 Å². The average Bonchev–Trinajstić information content (AvgIpc) is 3.08. The van der Waals surface area contributed by atoms with E-state index in [1.807, 2.05) is 31.2 Å². The zero-order valence-corrected chi connectivity index (χ0v) is 18.3. The Labute approximate surface area is 190 Å². The number of carbonyl (C=O) groups is 1. The van der Waals surface area contributed by atoms with E-state index in [0.717, 1.165) is 23.0 Å². The van der Waals surface area contributed by atoms with Gasteiger partial charge in [-0.2, -0.15) is 0 Å². The lowest BCUT2D eigenvalue weighted by molar-refractivity contribution is -0.121. The first-order valence-electron chi connectivity index (χ1n) is 10.9. The maximum Gasteiger partial charge on any atom is 0.329 e. The summed E-state index contributed by atoms with van der Waals surface area (Å²) in [5.41, 5.74) is 2.42. The second-order valence-corrected chi connectivity index (χ2v) is 7.67. The summed E-state index contributed by atoms with van der Waals surface area (Å²) in [5, 5.41) is 2.85. The number of para-hydroxylation sites is 2. The molecule has 0 fully saturated rings. The van der Waals surface area contributed by atoms with Crippen LogP contribution in [0, 0.1) is 5.82 Å². The SMILES string of the molecule is CCCn1c(=O)n(CCC(=O)NCc2ccc(Oc3cccc(F)c3)nc2)c2ccccc21. The predicted molar refractivity (Wildman–Crippen MR) is 124 cm³/mol. The number of pyridine rings is 1. The summed E-state index contributed by atoms with van der Waals surface area (Å²) >= 11 is 0. The van der Waals surface area contributed by atoms with Crippen LogP contribution in [0.2, 0.25) is 0 Å². The zero-order chi connectivity index (χ0) is 23.2. The lowest BCUT2D eigenvalue weighted by atomic mass is 10.2. The number of benzene rings is 2. The minimum Gasteiger partial charge on any atom is -0.439 e. The number of hydrogen-bond donors (Lipinski definition) is 1. The van der Waals surface area contributed by atoms with E-state index in [-0.39, 0.29) is 23.8 Å². The quantitative estimate of drug-likeness (QED) is 0.415. The second kappa shape index (κ2) is 10.1. The Balaban J connectivity index is 1.33. The molecule has 170 valence electrons. The Kier molecular flexibility index (Phi) is 6.83. The monoisotopic (exact) mass is 448 g/mol. The number of halogens is 1. The molecule has 4 aromatic rings. The van der Waals surface area contributed by atoms with Crippen molar-refractivity contribution in [1.82, 2.24) is 19.4 Å². The van der Waals surface area contributed by atoms with Crippen molar-refractivity contribution in [1.29, 1.82) is 0 Å². The molecule has 0 unspecified atom stereocenters. The molecule has 1 N–H and O–H groups in total. The number of amides is 1. The van der Waals surface area contributed by atoms with E-state index in [1.54, 1.807) is 39.6 Å². The number of nitrogens with zero attached hydrogens (tertiary/aromatic N) is 3. The summed E-state index contributed by atoms with van der Waals surface area (Å²) < 4.78 is 22.2. The van der Waals surface area contributed by atoms with Gasteiger partial charge in [-0.1, -0.05) is 31.2 Å². The van der Waals surface area contributed by atoms with Crippen LogP contribution >= 0.6 is 0 Å². The average molecular weight is 448 g/mol. The number of aromatic nitrogens is 3. The molecule has 2 aromatic heterocycles. The largest absolute Gasteiger partial charge is 0.439 e. The molecule has 2 heterocycles. The molecule has 0 bridgehead atoms. The van der Waals surface area contributed by atoms with E-state index < -0.39 is 0 Å². The van der Waals surface area contributed by atoms with Crippen LogP contribution in [0.25, 0.3) is 11.0 Å². The highest BCUT2D eigenvalue weighted by Crippen LogP contribution is 2.20. The van der Waals surface area contributed by atoms with E-state index in [2.05, 4.69) is 10.3 Å². The zero-order valence-electron chi connectivity index (χ0n) is 18.3. The number of hydrogen-bond acceptors (Lipinski definition) is 4. The van der Waals surface area contributed by atoms with E-state index >= 15 is 0 Å². The van der Waals surface area contributed by atoms with Crippen molar-refractivity contribution in [2.24, 2.45) is 0 Å². The minimum atomic E-state index is -0.385. The molecule has 0 saturated carbocycles. The fourth-order valence-electron chi connectivity index (χ4n) is 3.66. The highest BCUT2D eigenvalue weighted by atomic mass is 19.1. The van der Waals surface area contributed by atoms with E-state index in [1.165, 1.54) is 12.1 Å². The van der Waals surface area contributed by atoms with Crippen LogP contribution in [0.5, 0.6) is 11.6 Å². The molecule has 2 aromatic carbocycles. The Morgan fingerprint density at radius 2 is 1.79 bits per heavy atom. The van der Waals surface area contributed by atoms with Gasteiger partial charge in [0.2, 0.25) is 11.8 Å². The van der Waals surface area contributed by atoms with Crippen LogP contribution in [0.3, 0.4) is 0 Å². The summed E-state index contributed by atoms with van der Waals surface area (Å²) in [6.45, 7) is 3.28. The molecule has 4 rings (SSSR count). The van der Waals surface area contributed by atoms with Gasteiger partial charge in [-0.15, -0.1) is 0 Å². The van der Waals surface area contributed by atoms with Crippen molar-refractivity contribution in [3.63, 3.8) is 0 Å². The van der Waals surface area contributed by atoms with Crippen molar-refractivity contribution in [2.45, 2.75) is 39.4 Å². The Hall–Kier alpha value is -3.94. The molecule has 0 aliphatic heterocycles. The van der Waals surface area contributed by atoms with Crippen molar-refractivity contribution in [3.05, 3.63) is 88.7 Å². The van der Waals surface area contributed by atoms with Crippen molar-refractivity contribution < 1.29 is 13.9 Å². The van der Waals surface area contributed by atoms with E-state index in [9.17, 15) is 14.0 Å². The third-order valence-corrected chi connectivity index (χ3v) is 5.24. The number of fused-ring (bicyclic) bond motifs is 1. The van der Waals surface area contributed by atoms with Crippen LogP contribution < -0.4 is 15.7 Å². The van der Waals surface area contributed by atoms with Gasteiger partial charge < -0.3 is 10.1 Å². The Bertz CT molecular complexity index is 1310. The molecule has 8 heteroatoms. The van der Waals surface area contributed by atoms with E-state index in [0.29, 0.717) is 31.3 Å². The third-order valence-electron chi connectivity index (χ3n) is 5.24. The normalized spacial score (nSPS) is 11.0. The Morgan fingerprint density at radius 1 is 1.03 bits per heavy atom. The van der Waals surface area contributed by atoms with Gasteiger partial charge in [-0.05, 0) is 36.2 Å². The number of ether oxygens (including phenoxy) is 1. The number of nitrogens with one attached hydrogen (secondary N) is 1. The van der Waals surface area contributed by atoms with E-state index in [4.69, 9.17) is 4.74 Å². The first kappa shape index (κ1) is 22.3. The number of aryl methyl sites for hydroxylation is 2. The molecule has 1 amide bonds. The van der Waals surface area contributed by atoms with Gasteiger partial charge in [0.25, 0.3) is 0 Å². The molecule has 0 aliphatic carbocycles. The summed E-state index contributed by atoms with van der Waals surface area (Å²) in [4.78, 5) is 29.4. The molecule has 0 atom stereocenters. The predicted octanol–water partition coefficient (Wildman–Crippen LogP) is 4.25. The smallest absolute Gasteiger partial charge is 0.329 e. The van der Waals surface area contributed by atoms with Gasteiger partial charge in [0.05, 0.1) is 11.0 Å². The Morgan fingerprint density at radius 3 is 2.45 bits per heavy atom. The highest BCUT2D eigenvalue weighted by molar-refractivity contribution is 5.78. The summed E-state index contributed by atoms with van der Waals surface area (Å²) in [5.74, 6) is 0.149. The fraction of sp³-hybridized carbons (Fsp3) is 0.240. The summed E-state index contributed by atoms with van der Waals surface area (Å²) in [7, 11) is 0. The first-order chi connectivity index (χ1) is 16.0. The topological polar surface area (TPSA) is 78.2 Å². The van der Waals surface area contributed by atoms with Crippen LogP contribution in [0.15, 0.2) is 71.7 Å². The maximum atomic E-state index is 13.3. The number of imidazole rings is 1. The molecular formula is C25H25FN4O3. The molecule has 0 aliphatic rings. The van der Waals surface area contributed by atoms with Gasteiger partial charge in [-0.25, -0.2) is 14.2 Å². The molecule has 7 nitrogen and oxygen atoms in total. The standard InChI is InChI=1S/C25H25FN4O3/c1-2-13-29-21-8-3-4-9-22(21)30(25(29)32)14-12-23(31)27-16-18-10-11-24(28-17-18)33-20-7-5-6-19(26)15-20/h3-11,15,17H,2,12-14,16H2,1H3,(H,27,31). The number of rotatable bonds is 9. The molecule has 0 saturated heterocycles. The molecular weight excluding hydrogens is 423 g/mol. The summed E-state index contributed by atoms with van der Waals surface area (Å²) in [6.07, 6.45) is 2.64. The van der Waals surface area contributed by atoms with Gasteiger partial charge in [0.1, 0.15) is 11.6 Å². The summed E-state index contributed by atoms with van der Waals surface area (Å²) in [6, 6.07) is 16.9. The van der Waals surface area contributed by atoms with Crippen molar-refractivity contribution >= 4 is 16.9 Å². The van der Waals surface area contributed by atoms with Crippen LogP contribution in [0.4, 0.5) is 4.39 Å². The lowest BCUT2D eigenvalue weighted by Crippen LogP contribution is -2.28. The van der Waals surface area contributed by atoms with Gasteiger partial charge in [0, 0.05) is 44.4 Å². The fourth-order valence-corrected chi connectivity index (χ4v) is 3.66. The highest BCUT2D eigenvalue weighted by Gasteiger charge is 2.13.